The predicted octanol–water partition coefficient (Wildman–Crippen LogP) is 1.76. The van der Waals surface area contributed by atoms with Crippen molar-refractivity contribution in [3.63, 3.8) is 0 Å². The van der Waals surface area contributed by atoms with Crippen LogP contribution in [-0.2, 0) is 6.54 Å². The predicted molar refractivity (Wildman–Crippen MR) is 106 cm³/mol. The number of hydrogen-bond acceptors (Lipinski definition) is 5. The number of rotatable bonds is 5. The first-order chi connectivity index (χ1) is 13.0. The monoisotopic (exact) mass is 370 g/mol. The SMILES string of the molecule is CCC(=NC1CCCCC1N)c1c(O)n(Cc2ccccc2)c(=O)[nH]c1=O. The van der Waals surface area contributed by atoms with Crippen molar-refractivity contribution >= 4 is 5.71 Å². The van der Waals surface area contributed by atoms with Crippen molar-refractivity contribution < 1.29 is 5.11 Å². The Bertz CT molecular complexity index is 930. The number of hydrogen-bond donors (Lipinski definition) is 3. The van der Waals surface area contributed by atoms with Crippen LogP contribution in [0.15, 0.2) is 44.9 Å². The van der Waals surface area contributed by atoms with Crippen LogP contribution in [0.4, 0.5) is 0 Å². The molecule has 1 fully saturated rings. The fraction of sp³-hybridized carbons (Fsp3) is 0.450. The number of aromatic hydroxyl groups is 1. The van der Waals surface area contributed by atoms with Crippen molar-refractivity contribution in [3.8, 4) is 5.88 Å². The van der Waals surface area contributed by atoms with Gasteiger partial charge in [-0.2, -0.15) is 0 Å². The summed E-state index contributed by atoms with van der Waals surface area (Å²) in [4.78, 5) is 31.7. The number of H-pyrrole nitrogens is 1. The topological polar surface area (TPSA) is 113 Å². The van der Waals surface area contributed by atoms with Gasteiger partial charge in [-0.1, -0.05) is 50.1 Å². The molecule has 4 N–H and O–H groups in total. The van der Waals surface area contributed by atoms with Crippen molar-refractivity contribution in [3.05, 3.63) is 62.3 Å². The molecule has 1 heterocycles. The summed E-state index contributed by atoms with van der Waals surface area (Å²) < 4.78 is 1.16. The van der Waals surface area contributed by atoms with Crippen LogP contribution >= 0.6 is 0 Å². The third-order valence-corrected chi connectivity index (χ3v) is 5.08. The molecule has 2 unspecified atom stereocenters. The molecular weight excluding hydrogens is 344 g/mol. The Labute approximate surface area is 157 Å². The van der Waals surface area contributed by atoms with Gasteiger partial charge in [0, 0.05) is 6.04 Å². The number of nitrogens with one attached hydrogen (secondary N) is 1. The Morgan fingerprint density at radius 3 is 2.63 bits per heavy atom. The molecule has 0 radical (unpaired) electrons. The number of aromatic amines is 1. The molecule has 7 heteroatoms. The van der Waals surface area contributed by atoms with Gasteiger partial charge in [0.15, 0.2) is 0 Å². The van der Waals surface area contributed by atoms with Crippen LogP contribution in [0.2, 0.25) is 0 Å². The lowest BCUT2D eigenvalue weighted by molar-refractivity contribution is 0.385. The Hall–Kier alpha value is -2.67. The summed E-state index contributed by atoms with van der Waals surface area (Å²) >= 11 is 0. The van der Waals surface area contributed by atoms with Gasteiger partial charge in [0.2, 0.25) is 5.88 Å². The standard InChI is InChI=1S/C20H26N4O3/c1-2-15(22-16-11-7-6-10-14(16)21)17-18(25)23-20(27)24(19(17)26)12-13-8-4-3-5-9-13/h3-5,8-9,14,16,26H,2,6-7,10-12,21H2,1H3,(H,23,25,27). The molecule has 0 bridgehead atoms. The van der Waals surface area contributed by atoms with E-state index >= 15 is 0 Å². The first-order valence-electron chi connectivity index (χ1n) is 9.44. The zero-order valence-electron chi connectivity index (χ0n) is 15.5. The molecule has 2 aromatic rings. The third-order valence-electron chi connectivity index (χ3n) is 5.08. The lowest BCUT2D eigenvalue weighted by Crippen LogP contribution is -2.38. The number of aromatic nitrogens is 2. The van der Waals surface area contributed by atoms with E-state index < -0.39 is 11.2 Å². The minimum atomic E-state index is -0.644. The molecule has 1 aromatic heterocycles. The Kier molecular flexibility index (Phi) is 5.91. The molecule has 1 aromatic carbocycles. The molecule has 1 aliphatic rings. The van der Waals surface area contributed by atoms with Crippen molar-refractivity contribution in [2.24, 2.45) is 10.7 Å². The summed E-state index contributed by atoms with van der Waals surface area (Å²) in [6, 6.07) is 9.18. The van der Waals surface area contributed by atoms with Gasteiger partial charge in [0.1, 0.15) is 5.56 Å². The van der Waals surface area contributed by atoms with Gasteiger partial charge in [0.05, 0.1) is 18.3 Å². The Morgan fingerprint density at radius 1 is 1.26 bits per heavy atom. The highest BCUT2D eigenvalue weighted by atomic mass is 16.3. The fourth-order valence-corrected chi connectivity index (χ4v) is 3.57. The number of nitrogens with zero attached hydrogens (tertiary/aromatic N) is 2. The van der Waals surface area contributed by atoms with E-state index in [9.17, 15) is 14.7 Å². The van der Waals surface area contributed by atoms with Crippen molar-refractivity contribution in [1.29, 1.82) is 0 Å². The number of aliphatic imine (C=N–C) groups is 1. The molecular formula is C20H26N4O3. The van der Waals surface area contributed by atoms with E-state index in [1.54, 1.807) is 0 Å². The highest BCUT2D eigenvalue weighted by Crippen LogP contribution is 2.22. The van der Waals surface area contributed by atoms with Gasteiger partial charge in [0.25, 0.3) is 5.56 Å². The van der Waals surface area contributed by atoms with Crippen LogP contribution in [0.5, 0.6) is 5.88 Å². The van der Waals surface area contributed by atoms with Gasteiger partial charge < -0.3 is 10.8 Å². The largest absolute Gasteiger partial charge is 0.494 e. The second kappa shape index (κ2) is 8.35. The Balaban J connectivity index is 2.04. The van der Waals surface area contributed by atoms with Gasteiger partial charge in [-0.3, -0.25) is 19.3 Å². The minimum Gasteiger partial charge on any atom is -0.494 e. The zero-order chi connectivity index (χ0) is 19.4. The fourth-order valence-electron chi connectivity index (χ4n) is 3.57. The summed E-state index contributed by atoms with van der Waals surface area (Å²) in [5.74, 6) is -0.349. The second-order valence-corrected chi connectivity index (χ2v) is 6.97. The normalized spacial score (nSPS) is 20.6. The van der Waals surface area contributed by atoms with Crippen molar-refractivity contribution in [2.75, 3.05) is 0 Å². The third kappa shape index (κ3) is 4.19. The number of benzene rings is 1. The molecule has 144 valence electrons. The van der Waals surface area contributed by atoms with E-state index in [0.717, 1.165) is 35.8 Å². The first kappa shape index (κ1) is 19.1. The minimum absolute atomic E-state index is 0.0447. The van der Waals surface area contributed by atoms with E-state index in [4.69, 9.17) is 10.7 Å². The lowest BCUT2D eigenvalue weighted by Gasteiger charge is -2.26. The maximum Gasteiger partial charge on any atom is 0.331 e. The van der Waals surface area contributed by atoms with Gasteiger partial charge in [-0.05, 0) is 24.8 Å². The number of nitrogens with two attached hydrogens (primary N) is 1. The van der Waals surface area contributed by atoms with Crippen LogP contribution in [-0.4, -0.2) is 32.5 Å². The summed E-state index contributed by atoms with van der Waals surface area (Å²) in [6.07, 6.45) is 4.37. The first-order valence-corrected chi connectivity index (χ1v) is 9.44. The summed E-state index contributed by atoms with van der Waals surface area (Å²) in [5.41, 5.74) is 6.31. The van der Waals surface area contributed by atoms with Gasteiger partial charge in [-0.25, -0.2) is 4.79 Å². The average Bonchev–Trinajstić information content (AvgIpc) is 2.66. The average molecular weight is 370 g/mol. The highest BCUT2D eigenvalue weighted by Gasteiger charge is 2.24. The van der Waals surface area contributed by atoms with Crippen LogP contribution < -0.4 is 17.0 Å². The highest BCUT2D eigenvalue weighted by molar-refractivity contribution is 6.02. The van der Waals surface area contributed by atoms with E-state index in [0.29, 0.717) is 12.1 Å². The van der Waals surface area contributed by atoms with Crippen LogP contribution in [0.3, 0.4) is 0 Å². The Morgan fingerprint density at radius 2 is 1.96 bits per heavy atom. The molecule has 7 nitrogen and oxygen atoms in total. The summed E-state index contributed by atoms with van der Waals surface area (Å²) in [5, 5.41) is 10.7. The van der Waals surface area contributed by atoms with E-state index in [2.05, 4.69) is 4.98 Å². The van der Waals surface area contributed by atoms with Crippen LogP contribution in [0.25, 0.3) is 0 Å². The molecule has 0 amide bonds. The summed E-state index contributed by atoms with van der Waals surface area (Å²) in [6.45, 7) is 2.04. The maximum atomic E-state index is 12.4. The molecule has 0 saturated heterocycles. The van der Waals surface area contributed by atoms with Crippen LogP contribution in [0, 0.1) is 0 Å². The molecule has 1 aliphatic carbocycles. The summed E-state index contributed by atoms with van der Waals surface area (Å²) in [7, 11) is 0. The zero-order valence-corrected chi connectivity index (χ0v) is 15.5. The van der Waals surface area contributed by atoms with Crippen molar-refractivity contribution in [1.82, 2.24) is 9.55 Å². The van der Waals surface area contributed by atoms with E-state index in [1.807, 2.05) is 37.3 Å². The molecule has 2 atom stereocenters. The lowest BCUT2D eigenvalue weighted by atomic mass is 9.91. The molecule has 1 saturated carbocycles. The smallest absolute Gasteiger partial charge is 0.331 e. The maximum absolute atomic E-state index is 12.4. The second-order valence-electron chi connectivity index (χ2n) is 6.97. The van der Waals surface area contributed by atoms with Crippen molar-refractivity contribution in [2.45, 2.75) is 57.7 Å². The molecule has 27 heavy (non-hydrogen) atoms. The molecule has 3 rings (SSSR count). The molecule has 0 aliphatic heterocycles. The van der Waals surface area contributed by atoms with E-state index in [-0.39, 0.29) is 30.1 Å². The van der Waals surface area contributed by atoms with E-state index in [1.165, 1.54) is 0 Å². The quantitative estimate of drug-likeness (QED) is 0.696. The van der Waals surface area contributed by atoms with Crippen LogP contribution in [0.1, 0.15) is 50.2 Å². The van der Waals surface area contributed by atoms with Gasteiger partial charge >= 0.3 is 5.69 Å². The van der Waals surface area contributed by atoms with Gasteiger partial charge in [-0.15, -0.1) is 0 Å². The molecule has 0 spiro atoms.